The first-order chi connectivity index (χ1) is 15.4. The number of morpholine rings is 1. The molecule has 2 aromatic carbocycles. The Labute approximate surface area is 184 Å². The summed E-state index contributed by atoms with van der Waals surface area (Å²) in [5, 5.41) is 9.25. The van der Waals surface area contributed by atoms with E-state index in [1.807, 2.05) is 0 Å². The number of aromatic carboxylic acids is 1. The summed E-state index contributed by atoms with van der Waals surface area (Å²) in [4.78, 5) is 51.3. The molecule has 1 atom stereocenters. The van der Waals surface area contributed by atoms with Gasteiger partial charge < -0.3 is 19.5 Å². The number of hydrogen-bond donors (Lipinski definition) is 1. The van der Waals surface area contributed by atoms with E-state index in [1.165, 1.54) is 17.0 Å². The fourth-order valence-electron chi connectivity index (χ4n) is 3.83. The van der Waals surface area contributed by atoms with Crippen LogP contribution in [0, 0.1) is 0 Å². The zero-order valence-corrected chi connectivity index (χ0v) is 17.2. The highest BCUT2D eigenvalue weighted by atomic mass is 16.6. The zero-order chi connectivity index (χ0) is 22.7. The Bertz CT molecular complexity index is 1050. The molecule has 9 nitrogen and oxygen atoms in total. The number of hydrogen-bond acceptors (Lipinski definition) is 6. The summed E-state index contributed by atoms with van der Waals surface area (Å²) >= 11 is 0. The van der Waals surface area contributed by atoms with Gasteiger partial charge in [-0.25, -0.2) is 9.59 Å². The molecule has 2 aliphatic heterocycles. The quantitative estimate of drug-likeness (QED) is 0.661. The van der Waals surface area contributed by atoms with Crippen molar-refractivity contribution in [3.63, 3.8) is 0 Å². The van der Waals surface area contributed by atoms with Crippen molar-refractivity contribution in [3.8, 4) is 0 Å². The summed E-state index contributed by atoms with van der Waals surface area (Å²) in [6.45, 7) is 1.29. The number of amides is 2. The van der Waals surface area contributed by atoms with Crippen molar-refractivity contribution in [2.75, 3.05) is 36.1 Å². The molecule has 2 aromatic rings. The van der Waals surface area contributed by atoms with Crippen LogP contribution in [0.2, 0.25) is 0 Å². The van der Waals surface area contributed by atoms with Crippen molar-refractivity contribution in [1.82, 2.24) is 0 Å². The number of ether oxygens (including phenoxy) is 2. The van der Waals surface area contributed by atoms with E-state index >= 15 is 0 Å². The number of anilines is 2. The molecule has 1 N–H and O–H groups in total. The van der Waals surface area contributed by atoms with E-state index in [9.17, 15) is 24.3 Å². The van der Waals surface area contributed by atoms with Gasteiger partial charge in [0.05, 0.1) is 18.7 Å². The van der Waals surface area contributed by atoms with Crippen LogP contribution in [0.25, 0.3) is 0 Å². The molecule has 0 aliphatic carbocycles. The topological polar surface area (TPSA) is 113 Å². The Kier molecular flexibility index (Phi) is 6.18. The number of nitrogens with zero attached hydrogens (tertiary/aromatic N) is 2. The van der Waals surface area contributed by atoms with Gasteiger partial charge in [-0.1, -0.05) is 18.2 Å². The van der Waals surface area contributed by atoms with Crippen LogP contribution in [-0.2, 0) is 14.3 Å². The lowest BCUT2D eigenvalue weighted by Crippen LogP contribution is -2.41. The minimum absolute atomic E-state index is 0.0404. The van der Waals surface area contributed by atoms with Crippen molar-refractivity contribution in [2.45, 2.75) is 18.9 Å². The van der Waals surface area contributed by atoms with Crippen molar-refractivity contribution < 1.29 is 33.8 Å². The molecular formula is C23H22N2O7. The second-order valence-electron chi connectivity index (χ2n) is 7.54. The molecule has 0 spiro atoms. The number of carbonyl (C=O) groups is 4. The summed E-state index contributed by atoms with van der Waals surface area (Å²) < 4.78 is 10.5. The van der Waals surface area contributed by atoms with E-state index in [1.54, 1.807) is 41.3 Å². The number of carboxylic acids is 1. The predicted molar refractivity (Wildman–Crippen MR) is 114 cm³/mol. The molecule has 0 unspecified atom stereocenters. The molecule has 0 aromatic heterocycles. The Hall–Kier alpha value is -3.72. The summed E-state index contributed by atoms with van der Waals surface area (Å²) in [5.41, 5.74) is 1.47. The van der Waals surface area contributed by atoms with Crippen LogP contribution in [0.4, 0.5) is 16.2 Å². The van der Waals surface area contributed by atoms with Crippen molar-refractivity contribution in [2.24, 2.45) is 0 Å². The van der Waals surface area contributed by atoms with Gasteiger partial charge in [0.2, 0.25) is 0 Å². The first-order valence-corrected chi connectivity index (χ1v) is 10.3. The number of carbonyl (C=O) groups excluding carboxylic acids is 3. The van der Waals surface area contributed by atoms with Crippen LogP contribution < -0.4 is 9.80 Å². The molecule has 2 fully saturated rings. The second-order valence-corrected chi connectivity index (χ2v) is 7.54. The standard InChI is InChI=1S/C23H22N2O7/c26-20(18-3-1-2-4-19(18)22(28)29)10-9-17-13-25(23(30)32-17)16-7-5-15(6-8-16)24-11-12-31-14-21(24)27/h1-8,17H,9-14H2,(H,28,29)/t17-/m0/s1. The van der Waals surface area contributed by atoms with Crippen molar-refractivity contribution in [3.05, 3.63) is 59.7 Å². The highest BCUT2D eigenvalue weighted by Crippen LogP contribution is 2.27. The minimum atomic E-state index is -1.16. The van der Waals surface area contributed by atoms with Gasteiger partial charge >= 0.3 is 12.1 Å². The van der Waals surface area contributed by atoms with Gasteiger partial charge in [-0.3, -0.25) is 14.5 Å². The monoisotopic (exact) mass is 438 g/mol. The van der Waals surface area contributed by atoms with Crippen LogP contribution in [0.3, 0.4) is 0 Å². The lowest BCUT2D eigenvalue weighted by molar-refractivity contribution is -0.125. The summed E-state index contributed by atoms with van der Waals surface area (Å²) in [5.74, 6) is -1.58. The predicted octanol–water partition coefficient (Wildman–Crippen LogP) is 2.74. The third kappa shape index (κ3) is 4.47. The molecule has 2 aliphatic rings. The van der Waals surface area contributed by atoms with Crippen molar-refractivity contribution in [1.29, 1.82) is 0 Å². The molecule has 0 bridgehead atoms. The van der Waals surface area contributed by atoms with E-state index in [0.717, 1.165) is 5.69 Å². The lowest BCUT2D eigenvalue weighted by Gasteiger charge is -2.27. The maximum absolute atomic E-state index is 12.5. The molecule has 2 heterocycles. The molecule has 2 amide bonds. The van der Waals surface area contributed by atoms with Crippen LogP contribution >= 0.6 is 0 Å². The van der Waals surface area contributed by atoms with Gasteiger partial charge in [0, 0.05) is 29.9 Å². The van der Waals surface area contributed by atoms with E-state index in [2.05, 4.69) is 0 Å². The molecule has 9 heteroatoms. The normalized spacial score (nSPS) is 18.6. The van der Waals surface area contributed by atoms with E-state index in [4.69, 9.17) is 9.47 Å². The third-order valence-corrected chi connectivity index (χ3v) is 5.48. The number of ketones is 1. The van der Waals surface area contributed by atoms with Crippen LogP contribution in [-0.4, -0.2) is 61.3 Å². The molecule has 32 heavy (non-hydrogen) atoms. The Balaban J connectivity index is 1.37. The number of Topliss-reactive ketones (excluding diaryl/α,β-unsaturated/α-hetero) is 1. The Morgan fingerprint density at radius 1 is 0.969 bits per heavy atom. The first-order valence-electron chi connectivity index (χ1n) is 10.3. The third-order valence-electron chi connectivity index (χ3n) is 5.48. The number of benzene rings is 2. The van der Waals surface area contributed by atoms with Crippen molar-refractivity contribution >= 4 is 35.1 Å². The maximum Gasteiger partial charge on any atom is 0.414 e. The molecule has 2 saturated heterocycles. The zero-order valence-electron chi connectivity index (χ0n) is 17.2. The average Bonchev–Trinajstić information content (AvgIpc) is 3.18. The van der Waals surface area contributed by atoms with Crippen LogP contribution in [0.15, 0.2) is 48.5 Å². The summed E-state index contributed by atoms with van der Waals surface area (Å²) in [6.07, 6.45) is -0.642. The second kappa shape index (κ2) is 9.19. The van der Waals surface area contributed by atoms with Crippen LogP contribution in [0.5, 0.6) is 0 Å². The van der Waals surface area contributed by atoms with Gasteiger partial charge in [-0.2, -0.15) is 0 Å². The molecule has 166 valence electrons. The summed E-state index contributed by atoms with van der Waals surface area (Å²) in [7, 11) is 0. The molecule has 0 radical (unpaired) electrons. The fraction of sp³-hybridized carbons (Fsp3) is 0.304. The fourth-order valence-corrected chi connectivity index (χ4v) is 3.83. The van der Waals surface area contributed by atoms with Gasteiger partial charge in [-0.15, -0.1) is 0 Å². The lowest BCUT2D eigenvalue weighted by atomic mass is 9.99. The number of cyclic esters (lactones) is 1. The van der Waals surface area contributed by atoms with Gasteiger partial charge in [0.1, 0.15) is 12.7 Å². The van der Waals surface area contributed by atoms with Gasteiger partial charge in [0.25, 0.3) is 5.91 Å². The van der Waals surface area contributed by atoms with Gasteiger partial charge in [-0.05, 0) is 36.8 Å². The summed E-state index contributed by atoms with van der Waals surface area (Å²) in [6, 6.07) is 13.1. The van der Waals surface area contributed by atoms with E-state index in [-0.39, 0.29) is 48.8 Å². The highest BCUT2D eigenvalue weighted by Gasteiger charge is 2.33. The van der Waals surface area contributed by atoms with E-state index < -0.39 is 18.2 Å². The SMILES string of the molecule is O=C(O)c1ccccc1C(=O)CC[C@H]1CN(c2ccc(N3CCOCC3=O)cc2)C(=O)O1. The van der Waals surface area contributed by atoms with E-state index in [0.29, 0.717) is 18.8 Å². The Morgan fingerprint density at radius 2 is 1.62 bits per heavy atom. The Morgan fingerprint density at radius 3 is 2.28 bits per heavy atom. The van der Waals surface area contributed by atoms with Gasteiger partial charge in [0.15, 0.2) is 5.78 Å². The maximum atomic E-state index is 12.5. The first kappa shape index (κ1) is 21.5. The highest BCUT2D eigenvalue weighted by molar-refractivity contribution is 6.05. The smallest absolute Gasteiger partial charge is 0.414 e. The number of carboxylic acid groups (broad SMARTS) is 1. The molecular weight excluding hydrogens is 416 g/mol. The number of rotatable bonds is 7. The minimum Gasteiger partial charge on any atom is -0.478 e. The average molecular weight is 438 g/mol. The molecule has 0 saturated carbocycles. The largest absolute Gasteiger partial charge is 0.478 e. The van der Waals surface area contributed by atoms with Crippen LogP contribution in [0.1, 0.15) is 33.6 Å². The molecule has 4 rings (SSSR count).